The van der Waals surface area contributed by atoms with E-state index in [0.717, 1.165) is 18.8 Å². The van der Waals surface area contributed by atoms with Crippen molar-refractivity contribution in [3.63, 3.8) is 0 Å². The van der Waals surface area contributed by atoms with E-state index in [-0.39, 0.29) is 11.9 Å². The number of amides is 1. The average molecular weight is 324 g/mol. The normalized spacial score (nSPS) is 16.0. The van der Waals surface area contributed by atoms with Gasteiger partial charge in [0.1, 0.15) is 0 Å². The fourth-order valence-electron chi connectivity index (χ4n) is 3.21. The summed E-state index contributed by atoms with van der Waals surface area (Å²) < 4.78 is 0. The molecule has 0 radical (unpaired) electrons. The molecule has 1 unspecified atom stereocenters. The van der Waals surface area contributed by atoms with Crippen LogP contribution in [-0.4, -0.2) is 35.4 Å². The zero-order valence-corrected chi connectivity index (χ0v) is 13.8. The van der Waals surface area contributed by atoms with Gasteiger partial charge in [-0.05, 0) is 43.6 Å². The van der Waals surface area contributed by atoms with Crippen LogP contribution in [0.1, 0.15) is 40.5 Å². The van der Waals surface area contributed by atoms with Crippen LogP contribution in [0.5, 0.6) is 0 Å². The van der Waals surface area contributed by atoms with Crippen molar-refractivity contribution in [1.29, 1.82) is 0 Å². The molecule has 2 aromatic rings. The van der Waals surface area contributed by atoms with Gasteiger partial charge in [-0.3, -0.25) is 14.7 Å². The number of benzene rings is 1. The molecular formula is C19H24N4O. The molecule has 24 heavy (non-hydrogen) atoms. The lowest BCUT2D eigenvalue weighted by molar-refractivity contribution is 0.0937. The largest absolute Gasteiger partial charge is 0.350 e. The van der Waals surface area contributed by atoms with Gasteiger partial charge in [-0.2, -0.15) is 0 Å². The summed E-state index contributed by atoms with van der Waals surface area (Å²) in [5.41, 5.74) is 8.18. The van der Waals surface area contributed by atoms with E-state index in [4.69, 9.17) is 5.73 Å². The molecule has 5 heteroatoms. The van der Waals surface area contributed by atoms with Crippen LogP contribution in [0.2, 0.25) is 0 Å². The molecule has 2 heterocycles. The molecule has 1 fully saturated rings. The first kappa shape index (κ1) is 16.6. The number of hydrogen-bond donors (Lipinski definition) is 2. The summed E-state index contributed by atoms with van der Waals surface area (Å²) >= 11 is 0. The summed E-state index contributed by atoms with van der Waals surface area (Å²) in [4.78, 5) is 19.1. The highest BCUT2D eigenvalue weighted by Gasteiger charge is 2.23. The fourth-order valence-corrected chi connectivity index (χ4v) is 3.21. The minimum atomic E-state index is -0.0766. The molecule has 1 saturated heterocycles. The van der Waals surface area contributed by atoms with E-state index < -0.39 is 0 Å². The maximum absolute atomic E-state index is 12.5. The zero-order valence-electron chi connectivity index (χ0n) is 13.8. The number of likely N-dealkylation sites (tertiary alicyclic amines) is 1. The van der Waals surface area contributed by atoms with Gasteiger partial charge < -0.3 is 11.1 Å². The molecule has 1 atom stereocenters. The highest BCUT2D eigenvalue weighted by atomic mass is 16.1. The summed E-state index contributed by atoms with van der Waals surface area (Å²) in [6.45, 7) is 3.11. The van der Waals surface area contributed by atoms with Crippen molar-refractivity contribution in [3.05, 3.63) is 65.5 Å². The highest BCUT2D eigenvalue weighted by Crippen LogP contribution is 2.24. The van der Waals surface area contributed by atoms with Crippen molar-refractivity contribution in [2.45, 2.75) is 25.4 Å². The Morgan fingerprint density at radius 3 is 2.67 bits per heavy atom. The summed E-state index contributed by atoms with van der Waals surface area (Å²) in [5.74, 6) is -0.0766. The van der Waals surface area contributed by atoms with Crippen LogP contribution in [0.15, 0.2) is 48.7 Å². The second-order valence-electron chi connectivity index (χ2n) is 6.12. The third-order valence-corrected chi connectivity index (χ3v) is 4.51. The topological polar surface area (TPSA) is 71.2 Å². The van der Waals surface area contributed by atoms with Gasteiger partial charge in [0.05, 0.1) is 11.7 Å². The minimum Gasteiger partial charge on any atom is -0.350 e. The number of nitrogens with zero attached hydrogens (tertiary/aromatic N) is 2. The van der Waals surface area contributed by atoms with Crippen molar-refractivity contribution in [3.8, 4) is 0 Å². The Kier molecular flexibility index (Phi) is 5.56. The maximum atomic E-state index is 12.5. The SMILES string of the molecule is NCc1cc(C(=O)NCC(c2ccccc2)N2CCCC2)ccn1. The fraction of sp³-hybridized carbons (Fsp3) is 0.368. The van der Waals surface area contributed by atoms with Crippen LogP contribution in [0.25, 0.3) is 0 Å². The molecule has 0 bridgehead atoms. The van der Waals surface area contributed by atoms with E-state index in [1.165, 1.54) is 18.4 Å². The number of carbonyl (C=O) groups excluding carboxylic acids is 1. The van der Waals surface area contributed by atoms with Crippen LogP contribution < -0.4 is 11.1 Å². The van der Waals surface area contributed by atoms with E-state index in [9.17, 15) is 4.79 Å². The van der Waals surface area contributed by atoms with Crippen LogP contribution in [0, 0.1) is 0 Å². The lowest BCUT2D eigenvalue weighted by Crippen LogP contribution is -2.36. The average Bonchev–Trinajstić information content (AvgIpc) is 3.17. The first-order valence-electron chi connectivity index (χ1n) is 8.50. The van der Waals surface area contributed by atoms with Crippen molar-refractivity contribution >= 4 is 5.91 Å². The summed E-state index contributed by atoms with van der Waals surface area (Å²) in [7, 11) is 0. The number of rotatable bonds is 6. The predicted molar refractivity (Wildman–Crippen MR) is 94.5 cm³/mol. The number of pyridine rings is 1. The summed E-state index contributed by atoms with van der Waals surface area (Å²) in [6.07, 6.45) is 4.08. The summed E-state index contributed by atoms with van der Waals surface area (Å²) in [6, 6.07) is 14.1. The molecule has 3 N–H and O–H groups in total. The smallest absolute Gasteiger partial charge is 0.251 e. The predicted octanol–water partition coefficient (Wildman–Crippen LogP) is 2.11. The number of hydrogen-bond acceptors (Lipinski definition) is 4. The van der Waals surface area contributed by atoms with Gasteiger partial charge in [0, 0.05) is 24.8 Å². The monoisotopic (exact) mass is 324 g/mol. The number of nitrogens with one attached hydrogen (secondary N) is 1. The minimum absolute atomic E-state index is 0.0766. The van der Waals surface area contributed by atoms with E-state index in [1.807, 2.05) is 6.07 Å². The Labute approximate surface area is 142 Å². The zero-order chi connectivity index (χ0) is 16.8. The van der Waals surface area contributed by atoms with Crippen molar-refractivity contribution < 1.29 is 4.79 Å². The van der Waals surface area contributed by atoms with Gasteiger partial charge in [0.2, 0.25) is 0 Å². The van der Waals surface area contributed by atoms with E-state index >= 15 is 0 Å². The molecule has 126 valence electrons. The van der Waals surface area contributed by atoms with Crippen molar-refractivity contribution in [1.82, 2.24) is 15.2 Å². The van der Waals surface area contributed by atoms with Crippen LogP contribution in [0.3, 0.4) is 0 Å². The molecule has 1 aliphatic heterocycles. The van der Waals surface area contributed by atoms with Crippen LogP contribution >= 0.6 is 0 Å². The van der Waals surface area contributed by atoms with E-state index in [2.05, 4.69) is 39.5 Å². The number of carbonyl (C=O) groups is 1. The molecule has 3 rings (SSSR count). The van der Waals surface area contributed by atoms with Gasteiger partial charge in [0.15, 0.2) is 0 Å². The highest BCUT2D eigenvalue weighted by molar-refractivity contribution is 5.94. The quantitative estimate of drug-likeness (QED) is 0.854. The van der Waals surface area contributed by atoms with Gasteiger partial charge in [0.25, 0.3) is 5.91 Å². The van der Waals surface area contributed by atoms with Gasteiger partial charge in [-0.15, -0.1) is 0 Å². The van der Waals surface area contributed by atoms with E-state index in [1.54, 1.807) is 18.3 Å². The maximum Gasteiger partial charge on any atom is 0.251 e. The second kappa shape index (κ2) is 8.04. The molecule has 0 spiro atoms. The Balaban J connectivity index is 1.69. The lowest BCUT2D eigenvalue weighted by Gasteiger charge is -2.28. The lowest BCUT2D eigenvalue weighted by atomic mass is 10.1. The molecule has 0 saturated carbocycles. The Hall–Kier alpha value is -2.24. The first-order valence-corrected chi connectivity index (χ1v) is 8.50. The molecular weight excluding hydrogens is 300 g/mol. The molecule has 1 amide bonds. The van der Waals surface area contributed by atoms with Gasteiger partial charge in [-0.25, -0.2) is 0 Å². The summed E-state index contributed by atoms with van der Waals surface area (Å²) in [5, 5.41) is 3.08. The Bertz CT molecular complexity index is 668. The van der Waals surface area contributed by atoms with Gasteiger partial charge >= 0.3 is 0 Å². The Morgan fingerprint density at radius 2 is 1.96 bits per heavy atom. The third kappa shape index (κ3) is 3.99. The van der Waals surface area contributed by atoms with Crippen molar-refractivity contribution in [2.24, 2.45) is 5.73 Å². The van der Waals surface area contributed by atoms with Crippen molar-refractivity contribution in [2.75, 3.05) is 19.6 Å². The van der Waals surface area contributed by atoms with E-state index in [0.29, 0.717) is 18.7 Å². The molecule has 1 aromatic carbocycles. The van der Waals surface area contributed by atoms with Gasteiger partial charge in [-0.1, -0.05) is 30.3 Å². The molecule has 1 aliphatic rings. The molecule has 1 aromatic heterocycles. The molecule has 5 nitrogen and oxygen atoms in total. The number of aromatic nitrogens is 1. The van der Waals surface area contributed by atoms with Crippen LogP contribution in [0.4, 0.5) is 0 Å². The standard InChI is InChI=1S/C19H24N4O/c20-13-17-12-16(8-9-21-17)19(24)22-14-18(23-10-4-5-11-23)15-6-2-1-3-7-15/h1-3,6-9,12,18H,4-5,10-11,13-14,20H2,(H,22,24). The Morgan fingerprint density at radius 1 is 1.21 bits per heavy atom. The third-order valence-electron chi connectivity index (χ3n) is 4.51. The first-order chi connectivity index (χ1) is 11.8. The molecule has 0 aliphatic carbocycles. The number of nitrogens with two attached hydrogens (primary N) is 1. The van der Waals surface area contributed by atoms with Crippen LogP contribution in [-0.2, 0) is 6.54 Å². The second-order valence-corrected chi connectivity index (χ2v) is 6.12.